The van der Waals surface area contributed by atoms with Crippen LogP contribution >= 0.6 is 23.2 Å². The number of hydrogen-bond donors (Lipinski definition) is 3. The largest absolute Gasteiger partial charge is 0.507 e. The quantitative estimate of drug-likeness (QED) is 0.558. The van der Waals surface area contributed by atoms with Gasteiger partial charge in [-0.2, -0.15) is 0 Å². The highest BCUT2D eigenvalue weighted by Crippen LogP contribution is 2.48. The molecule has 0 atom stereocenters. The molecule has 1 aliphatic carbocycles. The monoisotopic (exact) mass is 364 g/mol. The maximum atomic E-state index is 12.3. The molecule has 3 rings (SSSR count). The second kappa shape index (κ2) is 5.85. The third-order valence-electron chi connectivity index (χ3n) is 3.79. The molecule has 0 amide bonds. The Bertz CT molecular complexity index is 917. The van der Waals surface area contributed by atoms with Crippen LogP contribution in [0.3, 0.4) is 0 Å². The molecule has 24 heavy (non-hydrogen) atoms. The van der Waals surface area contributed by atoms with Crippen molar-refractivity contribution in [1.82, 2.24) is 0 Å². The van der Waals surface area contributed by atoms with Crippen molar-refractivity contribution in [2.75, 3.05) is 0 Å². The Morgan fingerprint density at radius 3 is 1.92 bits per heavy atom. The minimum atomic E-state index is -1.07. The van der Waals surface area contributed by atoms with Crippen LogP contribution in [-0.4, -0.2) is 26.9 Å². The van der Waals surface area contributed by atoms with Crippen molar-refractivity contribution in [1.29, 1.82) is 0 Å². The molecule has 3 N–H and O–H groups in total. The summed E-state index contributed by atoms with van der Waals surface area (Å²) < 4.78 is 0. The minimum absolute atomic E-state index is 0.0167. The van der Waals surface area contributed by atoms with Crippen LogP contribution in [0.1, 0.15) is 21.5 Å². The van der Waals surface area contributed by atoms with E-state index >= 15 is 0 Å². The van der Waals surface area contributed by atoms with E-state index in [9.17, 15) is 24.9 Å². The number of phenolic OH excluding ortho intramolecular Hbond substituents is 2. The number of aliphatic hydroxyl groups excluding tert-OH is 1. The van der Waals surface area contributed by atoms with Crippen LogP contribution in [0.15, 0.2) is 35.9 Å². The van der Waals surface area contributed by atoms with Crippen molar-refractivity contribution in [2.24, 2.45) is 0 Å². The van der Waals surface area contributed by atoms with Gasteiger partial charge in [-0.05, 0) is 5.56 Å². The number of phenols is 2. The summed E-state index contributed by atoms with van der Waals surface area (Å²) in [6.07, 6.45) is -0.0167. The van der Waals surface area contributed by atoms with Gasteiger partial charge in [-0.25, -0.2) is 0 Å². The summed E-state index contributed by atoms with van der Waals surface area (Å²) >= 11 is 11.5. The van der Waals surface area contributed by atoms with Crippen molar-refractivity contribution < 1.29 is 24.9 Å². The van der Waals surface area contributed by atoms with Gasteiger partial charge in [0.1, 0.15) is 27.3 Å². The zero-order valence-corrected chi connectivity index (χ0v) is 13.5. The first-order valence-electron chi connectivity index (χ1n) is 6.82. The molecule has 0 saturated carbocycles. The van der Waals surface area contributed by atoms with Gasteiger partial charge >= 0.3 is 0 Å². The molecule has 0 heterocycles. The Morgan fingerprint density at radius 1 is 0.792 bits per heavy atom. The maximum absolute atomic E-state index is 12.3. The van der Waals surface area contributed by atoms with Crippen LogP contribution in [0.5, 0.6) is 11.5 Å². The Balaban J connectivity index is 2.27. The van der Waals surface area contributed by atoms with E-state index in [2.05, 4.69) is 0 Å². The number of allylic oxidation sites excluding steroid dienone is 1. The van der Waals surface area contributed by atoms with Gasteiger partial charge in [-0.15, -0.1) is 0 Å². The second-order valence-corrected chi connectivity index (χ2v) is 5.98. The lowest BCUT2D eigenvalue weighted by molar-refractivity contribution is -0.112. The number of carbonyl (C=O) groups excluding carboxylic acids is 2. The predicted molar refractivity (Wildman–Crippen MR) is 88.8 cm³/mol. The van der Waals surface area contributed by atoms with E-state index in [0.717, 1.165) is 0 Å². The number of aliphatic hydroxyl groups is 1. The van der Waals surface area contributed by atoms with Gasteiger partial charge in [-0.1, -0.05) is 53.5 Å². The average molecular weight is 365 g/mol. The van der Waals surface area contributed by atoms with E-state index in [4.69, 9.17) is 23.2 Å². The molecule has 0 fully saturated rings. The Kier molecular flexibility index (Phi) is 3.99. The molecular formula is C17H10Cl2O5. The van der Waals surface area contributed by atoms with Crippen LogP contribution in [-0.2, 0) is 11.2 Å². The summed E-state index contributed by atoms with van der Waals surface area (Å²) in [6.45, 7) is 0. The van der Waals surface area contributed by atoms with E-state index < -0.39 is 50.0 Å². The lowest BCUT2D eigenvalue weighted by atomic mass is 9.84. The predicted octanol–water partition coefficient (Wildman–Crippen LogP) is 3.68. The smallest absolute Gasteiger partial charge is 0.238 e. The first-order valence-corrected chi connectivity index (χ1v) is 7.58. The van der Waals surface area contributed by atoms with E-state index in [0.29, 0.717) is 5.56 Å². The Labute approximate surface area is 146 Å². The highest BCUT2D eigenvalue weighted by Gasteiger charge is 2.39. The summed E-state index contributed by atoms with van der Waals surface area (Å²) in [6, 6.07) is 8.72. The fourth-order valence-electron chi connectivity index (χ4n) is 2.59. The average Bonchev–Trinajstić information content (AvgIpc) is 2.59. The number of ketones is 2. The fourth-order valence-corrected chi connectivity index (χ4v) is 2.96. The number of fused-ring (bicyclic) bond motifs is 1. The standard InChI is InChI=1S/C17H10Cl2O5/c18-11-12(19)16(23)10-9(15(11)22)13(20)8(14(21)17(10)24)6-7-4-2-1-3-5-7/h1-5,20,22-23H,6H2. The fraction of sp³-hybridized carbons (Fsp3) is 0.0588. The van der Waals surface area contributed by atoms with E-state index in [1.165, 1.54) is 0 Å². The van der Waals surface area contributed by atoms with E-state index in [-0.39, 0.29) is 12.0 Å². The number of Topliss-reactive ketones (excluding diaryl/α,β-unsaturated/α-hetero) is 2. The van der Waals surface area contributed by atoms with Crippen LogP contribution in [0.2, 0.25) is 10.0 Å². The molecule has 0 bridgehead atoms. The molecule has 2 aromatic rings. The molecule has 122 valence electrons. The molecule has 0 aromatic heterocycles. The van der Waals surface area contributed by atoms with Crippen LogP contribution in [0.4, 0.5) is 0 Å². The highest BCUT2D eigenvalue weighted by molar-refractivity contribution is 6.54. The van der Waals surface area contributed by atoms with E-state index in [1.807, 2.05) is 0 Å². The van der Waals surface area contributed by atoms with Gasteiger partial charge < -0.3 is 15.3 Å². The number of benzene rings is 2. The normalized spacial score (nSPS) is 14.1. The number of hydrogen-bond acceptors (Lipinski definition) is 5. The Hall–Kier alpha value is -2.50. The molecule has 0 aliphatic heterocycles. The number of carbonyl (C=O) groups is 2. The third-order valence-corrected chi connectivity index (χ3v) is 4.62. The van der Waals surface area contributed by atoms with Crippen LogP contribution in [0, 0.1) is 0 Å². The SMILES string of the molecule is O=C1C(=O)c2c(O)c(Cl)c(Cl)c(O)c2C(O)=C1Cc1ccccc1. The van der Waals surface area contributed by atoms with E-state index in [1.54, 1.807) is 30.3 Å². The number of aromatic hydroxyl groups is 2. The van der Waals surface area contributed by atoms with Gasteiger partial charge in [0.25, 0.3) is 0 Å². The van der Waals surface area contributed by atoms with Crippen molar-refractivity contribution in [2.45, 2.75) is 6.42 Å². The lowest BCUT2D eigenvalue weighted by Gasteiger charge is -2.21. The first kappa shape index (κ1) is 16.4. The molecule has 5 nitrogen and oxygen atoms in total. The molecule has 2 aromatic carbocycles. The molecule has 0 unspecified atom stereocenters. The summed E-state index contributed by atoms with van der Waals surface area (Å²) in [7, 11) is 0. The minimum Gasteiger partial charge on any atom is -0.507 e. The second-order valence-electron chi connectivity index (χ2n) is 5.22. The van der Waals surface area contributed by atoms with Crippen molar-refractivity contribution in [3.05, 3.63) is 62.6 Å². The third kappa shape index (κ3) is 2.33. The highest BCUT2D eigenvalue weighted by atomic mass is 35.5. The topological polar surface area (TPSA) is 94.8 Å². The zero-order chi connectivity index (χ0) is 17.6. The molecular weight excluding hydrogens is 355 g/mol. The van der Waals surface area contributed by atoms with Gasteiger partial charge in [-0.3, -0.25) is 9.59 Å². The molecule has 0 spiro atoms. The van der Waals surface area contributed by atoms with Gasteiger partial charge in [0.2, 0.25) is 11.6 Å². The van der Waals surface area contributed by atoms with Crippen LogP contribution < -0.4 is 0 Å². The summed E-state index contributed by atoms with van der Waals surface area (Å²) in [4.78, 5) is 24.7. The van der Waals surface area contributed by atoms with Crippen LogP contribution in [0.25, 0.3) is 5.76 Å². The maximum Gasteiger partial charge on any atom is 0.238 e. The van der Waals surface area contributed by atoms with Gasteiger partial charge in [0, 0.05) is 6.42 Å². The lowest BCUT2D eigenvalue weighted by Crippen LogP contribution is -2.25. The first-order chi connectivity index (χ1) is 11.3. The zero-order valence-electron chi connectivity index (χ0n) is 12.0. The van der Waals surface area contributed by atoms with Crippen molar-refractivity contribution >= 4 is 40.5 Å². The number of rotatable bonds is 2. The van der Waals surface area contributed by atoms with Gasteiger partial charge in [0.15, 0.2) is 0 Å². The molecule has 0 radical (unpaired) electrons. The van der Waals surface area contributed by atoms with Crippen molar-refractivity contribution in [3.8, 4) is 11.5 Å². The number of halogens is 2. The summed E-state index contributed by atoms with van der Waals surface area (Å²) in [5.74, 6) is -4.07. The summed E-state index contributed by atoms with van der Waals surface area (Å²) in [5, 5.41) is 29.7. The summed E-state index contributed by atoms with van der Waals surface area (Å²) in [5.41, 5.74) is -0.446. The Morgan fingerprint density at radius 2 is 1.33 bits per heavy atom. The molecule has 0 saturated heterocycles. The molecule has 7 heteroatoms. The molecule has 1 aliphatic rings. The van der Waals surface area contributed by atoms with Crippen molar-refractivity contribution in [3.63, 3.8) is 0 Å². The van der Waals surface area contributed by atoms with Gasteiger partial charge in [0.05, 0.1) is 16.7 Å².